The van der Waals surface area contributed by atoms with E-state index in [1.165, 1.54) is 4.90 Å². The average molecular weight is 598 g/mol. The van der Waals surface area contributed by atoms with Gasteiger partial charge in [0.2, 0.25) is 21.8 Å². The summed E-state index contributed by atoms with van der Waals surface area (Å²) in [5.41, 5.74) is 2.94. The molecule has 0 saturated carbocycles. The number of hydrogen-bond acceptors (Lipinski definition) is 4. The number of anilines is 1. The molecule has 0 aliphatic rings. The van der Waals surface area contributed by atoms with Crippen LogP contribution >= 0.6 is 11.6 Å². The third kappa shape index (κ3) is 9.33. The third-order valence-electron chi connectivity index (χ3n) is 6.67. The molecule has 0 radical (unpaired) electrons. The first kappa shape index (κ1) is 32.2. The van der Waals surface area contributed by atoms with Gasteiger partial charge in [-0.05, 0) is 60.2 Å². The Kier molecular flexibility index (Phi) is 10.6. The Labute approximate surface area is 249 Å². The van der Waals surface area contributed by atoms with Crippen LogP contribution in [0.3, 0.4) is 0 Å². The van der Waals surface area contributed by atoms with E-state index in [9.17, 15) is 18.0 Å². The van der Waals surface area contributed by atoms with Crippen molar-refractivity contribution in [2.45, 2.75) is 65.1 Å². The van der Waals surface area contributed by atoms with Crippen molar-refractivity contribution in [3.8, 4) is 0 Å². The van der Waals surface area contributed by atoms with Crippen molar-refractivity contribution in [3.05, 3.63) is 101 Å². The average Bonchev–Trinajstić information content (AvgIpc) is 2.89. The summed E-state index contributed by atoms with van der Waals surface area (Å²) in [4.78, 5) is 29.1. The van der Waals surface area contributed by atoms with Crippen molar-refractivity contribution in [2.24, 2.45) is 0 Å². The fraction of sp³-hybridized carbons (Fsp3) is 0.375. The highest BCUT2D eigenvalue weighted by Crippen LogP contribution is 2.26. The molecule has 0 bridgehead atoms. The molecule has 3 rings (SSSR count). The van der Waals surface area contributed by atoms with E-state index in [1.54, 1.807) is 36.4 Å². The highest BCUT2D eigenvalue weighted by Gasteiger charge is 2.33. The number of nitrogens with zero attached hydrogens (tertiary/aromatic N) is 2. The SMILES string of the molecule is CC(C)NC(=O)C(Cc1ccccc1)N(Cc1ccc(Cl)cc1)C(=O)CN(c1ccc(C(C)(C)C)cc1)S(C)(=O)=O. The van der Waals surface area contributed by atoms with Gasteiger partial charge in [0.05, 0.1) is 11.9 Å². The lowest BCUT2D eigenvalue weighted by Crippen LogP contribution is -2.54. The van der Waals surface area contributed by atoms with Crippen LogP contribution in [0.5, 0.6) is 0 Å². The summed E-state index contributed by atoms with van der Waals surface area (Å²) in [5, 5.41) is 3.49. The van der Waals surface area contributed by atoms with E-state index >= 15 is 0 Å². The summed E-state index contributed by atoms with van der Waals surface area (Å²) >= 11 is 6.10. The number of benzene rings is 3. The molecule has 1 atom stereocenters. The molecule has 3 aromatic rings. The fourth-order valence-corrected chi connectivity index (χ4v) is 5.44. The molecule has 3 aromatic carbocycles. The minimum atomic E-state index is -3.83. The number of halogens is 1. The van der Waals surface area contributed by atoms with E-state index in [-0.39, 0.29) is 30.3 Å². The van der Waals surface area contributed by atoms with Crippen LogP contribution in [-0.2, 0) is 38.0 Å². The predicted molar refractivity (Wildman–Crippen MR) is 167 cm³/mol. The van der Waals surface area contributed by atoms with Crippen LogP contribution in [0, 0.1) is 0 Å². The van der Waals surface area contributed by atoms with E-state index in [0.717, 1.165) is 27.3 Å². The lowest BCUT2D eigenvalue weighted by atomic mass is 9.87. The second-order valence-electron chi connectivity index (χ2n) is 11.6. The quantitative estimate of drug-likeness (QED) is 0.313. The van der Waals surface area contributed by atoms with Crippen LogP contribution in [0.25, 0.3) is 0 Å². The van der Waals surface area contributed by atoms with Crippen LogP contribution < -0.4 is 9.62 Å². The molecular weight excluding hydrogens is 558 g/mol. The summed E-state index contributed by atoms with van der Waals surface area (Å²) in [6, 6.07) is 22.6. The molecule has 1 N–H and O–H groups in total. The molecule has 0 spiro atoms. The van der Waals surface area contributed by atoms with Gasteiger partial charge in [-0.1, -0.05) is 87.0 Å². The number of nitrogens with one attached hydrogen (secondary N) is 1. The van der Waals surface area contributed by atoms with Crippen molar-refractivity contribution >= 4 is 39.1 Å². The summed E-state index contributed by atoms with van der Waals surface area (Å²) in [7, 11) is -3.83. The molecule has 0 saturated heterocycles. The standard InChI is InChI=1S/C32H40ClN3O4S/c1-23(2)34-31(38)29(20-24-10-8-7-9-11-24)35(21-25-12-16-27(33)17-13-25)30(37)22-36(41(6,39)40)28-18-14-26(15-19-28)32(3,4)5/h7-19,23,29H,20-22H2,1-6H3,(H,34,38). The van der Waals surface area contributed by atoms with E-state index in [0.29, 0.717) is 10.7 Å². The van der Waals surface area contributed by atoms with Crippen LogP contribution in [0.4, 0.5) is 5.69 Å². The molecule has 1 unspecified atom stereocenters. The van der Waals surface area contributed by atoms with E-state index in [1.807, 2.05) is 56.3 Å². The number of hydrogen-bond donors (Lipinski definition) is 1. The Morgan fingerprint density at radius 3 is 1.98 bits per heavy atom. The van der Waals surface area contributed by atoms with Gasteiger partial charge >= 0.3 is 0 Å². The summed E-state index contributed by atoms with van der Waals surface area (Å²) in [6.07, 6.45) is 1.34. The van der Waals surface area contributed by atoms with Crippen LogP contribution in [0.15, 0.2) is 78.9 Å². The number of amides is 2. The summed E-state index contributed by atoms with van der Waals surface area (Å²) in [6.45, 7) is 9.57. The monoisotopic (exact) mass is 597 g/mol. The van der Waals surface area contributed by atoms with Gasteiger partial charge in [-0.3, -0.25) is 13.9 Å². The number of rotatable bonds is 11. The molecule has 0 aliphatic carbocycles. The van der Waals surface area contributed by atoms with Crippen molar-refractivity contribution in [1.82, 2.24) is 10.2 Å². The molecule has 0 fully saturated rings. The van der Waals surface area contributed by atoms with Gasteiger partial charge in [-0.2, -0.15) is 0 Å². The zero-order chi connectivity index (χ0) is 30.4. The Morgan fingerprint density at radius 1 is 0.878 bits per heavy atom. The molecule has 41 heavy (non-hydrogen) atoms. The minimum absolute atomic E-state index is 0.0968. The van der Waals surface area contributed by atoms with Crippen molar-refractivity contribution in [3.63, 3.8) is 0 Å². The van der Waals surface area contributed by atoms with Gasteiger partial charge < -0.3 is 10.2 Å². The third-order valence-corrected chi connectivity index (χ3v) is 8.06. The van der Waals surface area contributed by atoms with Gasteiger partial charge in [0.1, 0.15) is 12.6 Å². The normalized spacial score (nSPS) is 12.6. The first-order chi connectivity index (χ1) is 19.1. The molecule has 220 valence electrons. The maximum absolute atomic E-state index is 14.1. The number of sulfonamides is 1. The zero-order valence-corrected chi connectivity index (χ0v) is 26.2. The topological polar surface area (TPSA) is 86.8 Å². The fourth-order valence-electron chi connectivity index (χ4n) is 4.46. The first-order valence-corrected chi connectivity index (χ1v) is 15.8. The lowest BCUT2D eigenvalue weighted by Gasteiger charge is -2.34. The Hall–Kier alpha value is -3.36. The maximum atomic E-state index is 14.1. The largest absolute Gasteiger partial charge is 0.352 e. The van der Waals surface area contributed by atoms with Crippen LogP contribution in [-0.4, -0.2) is 50.0 Å². The van der Waals surface area contributed by atoms with Crippen molar-refractivity contribution in [1.29, 1.82) is 0 Å². The number of carbonyl (C=O) groups excluding carboxylic acids is 2. The summed E-state index contributed by atoms with van der Waals surface area (Å²) in [5.74, 6) is -0.809. The highest BCUT2D eigenvalue weighted by atomic mass is 35.5. The van der Waals surface area contributed by atoms with Gasteiger partial charge in [0.25, 0.3) is 0 Å². The Balaban J connectivity index is 2.04. The molecule has 0 heterocycles. The van der Waals surface area contributed by atoms with E-state index in [2.05, 4.69) is 26.1 Å². The Bertz CT molecular complexity index is 1420. The molecule has 0 aromatic heterocycles. The highest BCUT2D eigenvalue weighted by molar-refractivity contribution is 7.92. The molecule has 9 heteroatoms. The number of carbonyl (C=O) groups is 2. The maximum Gasteiger partial charge on any atom is 0.244 e. The lowest BCUT2D eigenvalue weighted by molar-refractivity contribution is -0.140. The smallest absolute Gasteiger partial charge is 0.244 e. The zero-order valence-electron chi connectivity index (χ0n) is 24.6. The van der Waals surface area contributed by atoms with Gasteiger partial charge in [0, 0.05) is 24.0 Å². The Morgan fingerprint density at radius 2 is 1.46 bits per heavy atom. The van der Waals surface area contributed by atoms with Gasteiger partial charge in [-0.15, -0.1) is 0 Å². The van der Waals surface area contributed by atoms with Crippen LogP contribution in [0.1, 0.15) is 51.3 Å². The predicted octanol–water partition coefficient (Wildman–Crippen LogP) is 5.57. The molecule has 2 amide bonds. The molecular formula is C32H40ClN3O4S. The van der Waals surface area contributed by atoms with Crippen LogP contribution in [0.2, 0.25) is 5.02 Å². The molecule has 7 nitrogen and oxygen atoms in total. The summed E-state index contributed by atoms with van der Waals surface area (Å²) < 4.78 is 27.0. The van der Waals surface area contributed by atoms with Gasteiger partial charge in [-0.25, -0.2) is 8.42 Å². The minimum Gasteiger partial charge on any atom is -0.352 e. The van der Waals surface area contributed by atoms with Crippen molar-refractivity contribution < 1.29 is 18.0 Å². The second-order valence-corrected chi connectivity index (χ2v) is 13.9. The molecule has 0 aliphatic heterocycles. The first-order valence-electron chi connectivity index (χ1n) is 13.6. The van der Waals surface area contributed by atoms with Crippen molar-refractivity contribution in [2.75, 3.05) is 17.1 Å². The van der Waals surface area contributed by atoms with Gasteiger partial charge in [0.15, 0.2) is 0 Å². The van der Waals surface area contributed by atoms with E-state index in [4.69, 9.17) is 11.6 Å². The van der Waals surface area contributed by atoms with E-state index < -0.39 is 28.5 Å². The second kappa shape index (κ2) is 13.5.